The average molecular weight is 161 g/mol. The highest BCUT2D eigenvalue weighted by Gasteiger charge is 2.04. The number of hydrogen-bond acceptors (Lipinski definition) is 2. The first-order valence-corrected chi connectivity index (χ1v) is 3.82. The number of aromatic amines is 1. The molecule has 12 heavy (non-hydrogen) atoms. The number of nitrogens with two attached hydrogens (primary N) is 2. The number of H-pyrrole nitrogens is 1. The lowest BCUT2D eigenvalue weighted by molar-refractivity contribution is 1.44. The Labute approximate surface area is 70.4 Å². The van der Waals surface area contributed by atoms with Crippen LogP contribution in [0.25, 0.3) is 10.9 Å². The smallest absolute Gasteiger partial charge is 0.0691 e. The molecule has 1 aromatic carbocycles. The van der Waals surface area contributed by atoms with Gasteiger partial charge in [0.2, 0.25) is 0 Å². The van der Waals surface area contributed by atoms with E-state index in [2.05, 4.69) is 4.98 Å². The maximum atomic E-state index is 5.85. The maximum Gasteiger partial charge on any atom is 0.0691 e. The number of rotatable bonds is 0. The fourth-order valence-corrected chi connectivity index (χ4v) is 1.35. The molecule has 0 fully saturated rings. The zero-order valence-corrected chi connectivity index (χ0v) is 6.89. The van der Waals surface area contributed by atoms with E-state index in [0.717, 1.165) is 27.8 Å². The second kappa shape index (κ2) is 2.17. The molecule has 0 radical (unpaired) electrons. The van der Waals surface area contributed by atoms with Gasteiger partial charge >= 0.3 is 0 Å². The average Bonchev–Trinajstić information content (AvgIpc) is 2.48. The van der Waals surface area contributed by atoms with E-state index in [1.807, 2.05) is 25.3 Å². The van der Waals surface area contributed by atoms with E-state index in [9.17, 15) is 0 Å². The van der Waals surface area contributed by atoms with Gasteiger partial charge in [-0.05, 0) is 24.6 Å². The molecule has 0 bridgehead atoms. The van der Waals surface area contributed by atoms with Gasteiger partial charge in [0, 0.05) is 17.3 Å². The molecule has 0 unspecified atom stereocenters. The number of hydrogen-bond donors (Lipinski definition) is 3. The van der Waals surface area contributed by atoms with Crippen LogP contribution in [0.4, 0.5) is 11.4 Å². The fourth-order valence-electron chi connectivity index (χ4n) is 1.35. The van der Waals surface area contributed by atoms with Crippen molar-refractivity contribution in [3.63, 3.8) is 0 Å². The third-order valence-electron chi connectivity index (χ3n) is 2.20. The minimum absolute atomic E-state index is 0.745. The predicted octanol–water partition coefficient (Wildman–Crippen LogP) is 1.64. The van der Waals surface area contributed by atoms with Gasteiger partial charge in [-0.3, -0.25) is 0 Å². The van der Waals surface area contributed by atoms with Crippen LogP contribution in [0.5, 0.6) is 0 Å². The Bertz CT molecular complexity index is 429. The molecule has 5 N–H and O–H groups in total. The highest BCUT2D eigenvalue weighted by molar-refractivity contribution is 5.95. The lowest BCUT2D eigenvalue weighted by Gasteiger charge is -2.04. The molecule has 0 aliphatic heterocycles. The van der Waals surface area contributed by atoms with Gasteiger partial charge in [0.05, 0.1) is 11.2 Å². The van der Waals surface area contributed by atoms with Crippen molar-refractivity contribution in [1.29, 1.82) is 0 Å². The van der Waals surface area contributed by atoms with Gasteiger partial charge in [-0.1, -0.05) is 0 Å². The maximum absolute atomic E-state index is 5.85. The molecule has 0 spiro atoms. The van der Waals surface area contributed by atoms with Crippen molar-refractivity contribution in [2.75, 3.05) is 11.5 Å². The normalized spacial score (nSPS) is 10.8. The molecule has 0 atom stereocenters. The first-order chi connectivity index (χ1) is 5.70. The number of fused-ring (bicyclic) bond motifs is 1. The van der Waals surface area contributed by atoms with E-state index in [-0.39, 0.29) is 0 Å². The predicted molar refractivity (Wildman–Crippen MR) is 51.9 cm³/mol. The van der Waals surface area contributed by atoms with Gasteiger partial charge in [-0.2, -0.15) is 0 Å². The van der Waals surface area contributed by atoms with E-state index in [4.69, 9.17) is 11.5 Å². The summed E-state index contributed by atoms with van der Waals surface area (Å²) in [5, 5.41) is 1.07. The van der Waals surface area contributed by atoms with E-state index in [1.165, 1.54) is 0 Å². The van der Waals surface area contributed by atoms with Gasteiger partial charge in [-0.25, -0.2) is 0 Å². The summed E-state index contributed by atoms with van der Waals surface area (Å²) >= 11 is 0. The van der Waals surface area contributed by atoms with Crippen LogP contribution in [-0.2, 0) is 0 Å². The Morgan fingerprint density at radius 2 is 2.08 bits per heavy atom. The van der Waals surface area contributed by atoms with Crippen LogP contribution in [0.3, 0.4) is 0 Å². The van der Waals surface area contributed by atoms with Crippen molar-refractivity contribution in [2.45, 2.75) is 6.92 Å². The summed E-state index contributed by atoms with van der Waals surface area (Å²) in [4.78, 5) is 3.08. The first-order valence-electron chi connectivity index (χ1n) is 3.82. The SMILES string of the molecule is Cc1c(N)cc2cc[nH]c2c1N. The summed E-state index contributed by atoms with van der Waals surface area (Å²) in [6.45, 7) is 1.92. The van der Waals surface area contributed by atoms with Gasteiger partial charge in [0.15, 0.2) is 0 Å². The highest BCUT2D eigenvalue weighted by atomic mass is 14.7. The summed E-state index contributed by atoms with van der Waals surface area (Å²) in [5.74, 6) is 0. The molecule has 62 valence electrons. The van der Waals surface area contributed by atoms with Crippen LogP contribution in [0.1, 0.15) is 5.56 Å². The van der Waals surface area contributed by atoms with Crippen LogP contribution in [0.2, 0.25) is 0 Å². The minimum Gasteiger partial charge on any atom is -0.398 e. The van der Waals surface area contributed by atoms with E-state index >= 15 is 0 Å². The summed E-state index contributed by atoms with van der Waals surface area (Å²) in [5.41, 5.74) is 15.0. The second-order valence-electron chi connectivity index (χ2n) is 2.95. The molecular weight excluding hydrogens is 150 g/mol. The minimum atomic E-state index is 0.745. The topological polar surface area (TPSA) is 67.8 Å². The molecule has 2 rings (SSSR count). The lowest BCUT2D eigenvalue weighted by Crippen LogP contribution is -1.96. The van der Waals surface area contributed by atoms with Gasteiger partial charge in [0.25, 0.3) is 0 Å². The number of benzene rings is 1. The molecule has 2 aromatic rings. The Kier molecular flexibility index (Phi) is 1.27. The Morgan fingerprint density at radius 1 is 1.33 bits per heavy atom. The quantitative estimate of drug-likeness (QED) is 0.514. The zero-order chi connectivity index (χ0) is 8.72. The van der Waals surface area contributed by atoms with Crippen molar-refractivity contribution in [3.8, 4) is 0 Å². The summed E-state index contributed by atoms with van der Waals surface area (Å²) < 4.78 is 0. The number of nitrogens with one attached hydrogen (secondary N) is 1. The number of aromatic nitrogens is 1. The zero-order valence-electron chi connectivity index (χ0n) is 6.89. The van der Waals surface area contributed by atoms with Crippen molar-refractivity contribution in [3.05, 3.63) is 23.9 Å². The fraction of sp³-hybridized carbons (Fsp3) is 0.111. The third kappa shape index (κ3) is 0.763. The number of anilines is 2. The van der Waals surface area contributed by atoms with Gasteiger partial charge in [-0.15, -0.1) is 0 Å². The van der Waals surface area contributed by atoms with Gasteiger partial charge < -0.3 is 16.5 Å². The molecule has 1 aromatic heterocycles. The van der Waals surface area contributed by atoms with E-state index < -0.39 is 0 Å². The molecule has 3 nitrogen and oxygen atoms in total. The van der Waals surface area contributed by atoms with Crippen molar-refractivity contribution < 1.29 is 0 Å². The van der Waals surface area contributed by atoms with E-state index in [1.54, 1.807) is 0 Å². The van der Waals surface area contributed by atoms with Crippen LogP contribution in [-0.4, -0.2) is 4.98 Å². The monoisotopic (exact) mass is 161 g/mol. The van der Waals surface area contributed by atoms with Crippen LogP contribution in [0.15, 0.2) is 18.3 Å². The Hall–Kier alpha value is -1.64. The van der Waals surface area contributed by atoms with Crippen LogP contribution >= 0.6 is 0 Å². The third-order valence-corrected chi connectivity index (χ3v) is 2.20. The largest absolute Gasteiger partial charge is 0.398 e. The standard InChI is InChI=1S/C9H11N3/c1-5-7(10)4-6-2-3-12-9(6)8(5)11/h2-4,12H,10-11H2,1H3. The summed E-state index contributed by atoms with van der Waals surface area (Å²) in [6, 6.07) is 3.89. The lowest BCUT2D eigenvalue weighted by atomic mass is 10.1. The number of nitrogen functional groups attached to an aromatic ring is 2. The Morgan fingerprint density at radius 3 is 2.83 bits per heavy atom. The highest BCUT2D eigenvalue weighted by Crippen LogP contribution is 2.27. The molecule has 0 amide bonds. The first kappa shape index (κ1) is 7.03. The van der Waals surface area contributed by atoms with Crippen molar-refractivity contribution >= 4 is 22.3 Å². The second-order valence-corrected chi connectivity index (χ2v) is 2.95. The molecule has 0 saturated carbocycles. The molecule has 1 heterocycles. The van der Waals surface area contributed by atoms with Gasteiger partial charge in [0.1, 0.15) is 0 Å². The molecular formula is C9H11N3. The molecule has 3 heteroatoms. The van der Waals surface area contributed by atoms with E-state index in [0.29, 0.717) is 0 Å². The van der Waals surface area contributed by atoms with Crippen molar-refractivity contribution in [1.82, 2.24) is 4.98 Å². The Balaban J connectivity index is 2.94. The van der Waals surface area contributed by atoms with Crippen LogP contribution in [0, 0.1) is 6.92 Å². The molecule has 0 aliphatic carbocycles. The summed E-state index contributed by atoms with van der Waals surface area (Å²) in [6.07, 6.45) is 1.86. The summed E-state index contributed by atoms with van der Waals surface area (Å²) in [7, 11) is 0. The van der Waals surface area contributed by atoms with Crippen molar-refractivity contribution in [2.24, 2.45) is 0 Å². The molecule has 0 aliphatic rings. The molecule has 0 saturated heterocycles. The van der Waals surface area contributed by atoms with Crippen LogP contribution < -0.4 is 11.5 Å².